The van der Waals surface area contributed by atoms with E-state index in [1.807, 2.05) is 37.8 Å². The molecule has 1 saturated carbocycles. The Bertz CT molecular complexity index is 710. The Labute approximate surface area is 173 Å². The quantitative estimate of drug-likeness (QED) is 0.699. The Kier molecular flexibility index (Phi) is 6.54. The molecule has 0 bridgehead atoms. The Hall–Kier alpha value is -1.75. The van der Waals surface area contributed by atoms with Crippen molar-refractivity contribution in [3.8, 4) is 0 Å². The number of halogens is 1. The smallest absolute Gasteiger partial charge is 0.410 e. The summed E-state index contributed by atoms with van der Waals surface area (Å²) in [5, 5.41) is 0.482. The van der Waals surface area contributed by atoms with Crippen LogP contribution in [-0.4, -0.2) is 52.6 Å². The van der Waals surface area contributed by atoms with Crippen LogP contribution in [0.2, 0.25) is 5.02 Å². The van der Waals surface area contributed by atoms with E-state index in [0.717, 1.165) is 32.1 Å². The third-order valence-electron chi connectivity index (χ3n) is 5.52. The number of likely N-dealkylation sites (tertiary alicyclic amines) is 1. The second-order valence-corrected chi connectivity index (χ2v) is 9.26. The molecule has 1 heterocycles. The van der Waals surface area contributed by atoms with Crippen LogP contribution < -0.4 is 0 Å². The van der Waals surface area contributed by atoms with Crippen molar-refractivity contribution in [2.24, 2.45) is 0 Å². The van der Waals surface area contributed by atoms with Gasteiger partial charge in [0.05, 0.1) is 16.6 Å². The molecule has 28 heavy (non-hydrogen) atoms. The van der Waals surface area contributed by atoms with Crippen molar-refractivity contribution in [3.05, 3.63) is 34.9 Å². The van der Waals surface area contributed by atoms with Crippen LogP contribution in [0, 0.1) is 0 Å². The highest BCUT2D eigenvalue weighted by atomic mass is 35.5. The minimum Gasteiger partial charge on any atom is -0.444 e. The number of hydrogen-bond acceptors (Lipinski definition) is 3. The highest BCUT2D eigenvalue weighted by Gasteiger charge is 2.39. The second kappa shape index (κ2) is 8.73. The number of rotatable bonds is 3. The standard InChI is InChI=1S/C22H31ClN2O3/c1-22(2,3)28-21(27)24-14-13-17(15-24)25(16-9-5-4-6-10-16)20(26)18-11-7-8-12-19(18)23/h7-8,11-12,16-17H,4-6,9-10,13-15H2,1-3H3/t17-/m0/s1. The molecule has 2 fully saturated rings. The van der Waals surface area contributed by atoms with Gasteiger partial charge in [0.25, 0.3) is 5.91 Å². The molecule has 154 valence electrons. The lowest BCUT2D eigenvalue weighted by molar-refractivity contribution is 0.0257. The minimum atomic E-state index is -0.522. The molecule has 1 aliphatic carbocycles. The first-order valence-corrected chi connectivity index (χ1v) is 10.7. The van der Waals surface area contributed by atoms with Crippen molar-refractivity contribution >= 4 is 23.6 Å². The number of nitrogens with zero attached hydrogens (tertiary/aromatic N) is 2. The fourth-order valence-electron chi connectivity index (χ4n) is 4.22. The number of benzene rings is 1. The van der Waals surface area contributed by atoms with Crippen LogP contribution in [0.25, 0.3) is 0 Å². The van der Waals surface area contributed by atoms with E-state index in [9.17, 15) is 9.59 Å². The largest absolute Gasteiger partial charge is 0.444 e. The predicted molar refractivity (Wildman–Crippen MR) is 111 cm³/mol. The monoisotopic (exact) mass is 406 g/mol. The van der Waals surface area contributed by atoms with Gasteiger partial charge in [-0.15, -0.1) is 0 Å². The zero-order valence-corrected chi connectivity index (χ0v) is 17.9. The molecule has 1 atom stereocenters. The first kappa shape index (κ1) is 21.0. The summed E-state index contributed by atoms with van der Waals surface area (Å²) < 4.78 is 5.52. The first-order chi connectivity index (χ1) is 13.3. The molecule has 2 amide bonds. The molecule has 0 spiro atoms. The minimum absolute atomic E-state index is 0.000564. The van der Waals surface area contributed by atoms with Crippen molar-refractivity contribution in [1.82, 2.24) is 9.80 Å². The maximum Gasteiger partial charge on any atom is 0.410 e. The van der Waals surface area contributed by atoms with Crippen molar-refractivity contribution in [2.45, 2.75) is 77.0 Å². The fraction of sp³-hybridized carbons (Fsp3) is 0.636. The van der Waals surface area contributed by atoms with E-state index in [4.69, 9.17) is 16.3 Å². The lowest BCUT2D eigenvalue weighted by atomic mass is 9.92. The molecule has 3 rings (SSSR count). The number of amides is 2. The van der Waals surface area contributed by atoms with Gasteiger partial charge < -0.3 is 14.5 Å². The van der Waals surface area contributed by atoms with Crippen molar-refractivity contribution in [3.63, 3.8) is 0 Å². The molecular weight excluding hydrogens is 376 g/mol. The molecule has 1 aromatic carbocycles. The van der Waals surface area contributed by atoms with Gasteiger partial charge in [0.1, 0.15) is 5.60 Å². The lowest BCUT2D eigenvalue weighted by Gasteiger charge is -2.39. The van der Waals surface area contributed by atoms with E-state index in [1.165, 1.54) is 6.42 Å². The Balaban J connectivity index is 1.79. The van der Waals surface area contributed by atoms with E-state index < -0.39 is 5.60 Å². The molecular formula is C22H31ClN2O3. The van der Waals surface area contributed by atoms with Crippen LogP contribution in [0.4, 0.5) is 4.79 Å². The highest BCUT2D eigenvalue weighted by molar-refractivity contribution is 6.33. The summed E-state index contributed by atoms with van der Waals surface area (Å²) in [4.78, 5) is 29.7. The van der Waals surface area contributed by atoms with Gasteiger partial charge in [-0.05, 0) is 52.2 Å². The molecule has 0 radical (unpaired) electrons. The average Bonchev–Trinajstić information content (AvgIpc) is 3.11. The molecule has 2 aliphatic rings. The SMILES string of the molecule is CC(C)(C)OC(=O)N1CC[C@H](N(C(=O)c2ccccc2Cl)C2CCCCC2)C1. The Morgan fingerprint density at radius 2 is 1.75 bits per heavy atom. The first-order valence-electron chi connectivity index (χ1n) is 10.3. The Morgan fingerprint density at radius 3 is 2.39 bits per heavy atom. The van der Waals surface area contributed by atoms with Gasteiger partial charge in [-0.3, -0.25) is 4.79 Å². The zero-order valence-electron chi connectivity index (χ0n) is 17.1. The van der Waals surface area contributed by atoms with Crippen LogP contribution in [-0.2, 0) is 4.74 Å². The normalized spacial score (nSPS) is 20.9. The molecule has 1 aliphatic heterocycles. The second-order valence-electron chi connectivity index (χ2n) is 8.85. The van der Waals surface area contributed by atoms with E-state index in [1.54, 1.807) is 17.0 Å². The molecule has 5 nitrogen and oxygen atoms in total. The van der Waals surface area contributed by atoms with Gasteiger partial charge in [0.2, 0.25) is 0 Å². The predicted octanol–water partition coefficient (Wildman–Crippen LogP) is 5.12. The summed E-state index contributed by atoms with van der Waals surface area (Å²) in [5.74, 6) is -0.0199. The van der Waals surface area contributed by atoms with Crippen LogP contribution >= 0.6 is 11.6 Å². The molecule has 0 N–H and O–H groups in total. The summed E-state index contributed by atoms with van der Waals surface area (Å²) in [6.07, 6.45) is 5.99. The van der Waals surface area contributed by atoms with Gasteiger partial charge in [0, 0.05) is 19.1 Å². The van der Waals surface area contributed by atoms with Gasteiger partial charge >= 0.3 is 6.09 Å². The maximum atomic E-state index is 13.5. The third kappa shape index (κ3) is 4.99. The third-order valence-corrected chi connectivity index (χ3v) is 5.84. The van der Waals surface area contributed by atoms with E-state index in [-0.39, 0.29) is 24.1 Å². The summed E-state index contributed by atoms with van der Waals surface area (Å²) in [6, 6.07) is 7.45. The molecule has 1 aromatic rings. The van der Waals surface area contributed by atoms with Crippen LogP contribution in [0.5, 0.6) is 0 Å². The summed E-state index contributed by atoms with van der Waals surface area (Å²) >= 11 is 6.33. The molecule has 0 aromatic heterocycles. The molecule has 1 saturated heterocycles. The number of ether oxygens (including phenoxy) is 1. The van der Waals surface area contributed by atoms with E-state index >= 15 is 0 Å². The number of carbonyl (C=O) groups excluding carboxylic acids is 2. The van der Waals surface area contributed by atoms with Gasteiger partial charge in [0.15, 0.2) is 0 Å². The highest BCUT2D eigenvalue weighted by Crippen LogP contribution is 2.31. The van der Waals surface area contributed by atoms with Crippen LogP contribution in [0.15, 0.2) is 24.3 Å². The van der Waals surface area contributed by atoms with Crippen LogP contribution in [0.3, 0.4) is 0 Å². The summed E-state index contributed by atoms with van der Waals surface area (Å²) in [5.41, 5.74) is 0.0245. The van der Waals surface area contributed by atoms with Crippen LogP contribution in [0.1, 0.15) is 69.7 Å². The number of hydrogen-bond donors (Lipinski definition) is 0. The van der Waals surface area contributed by atoms with E-state index in [2.05, 4.69) is 0 Å². The number of carbonyl (C=O) groups is 2. The summed E-state index contributed by atoms with van der Waals surface area (Å²) in [7, 11) is 0. The zero-order chi connectivity index (χ0) is 20.3. The van der Waals surface area contributed by atoms with E-state index in [0.29, 0.717) is 23.7 Å². The topological polar surface area (TPSA) is 49.9 Å². The van der Waals surface area contributed by atoms with Gasteiger partial charge in [-0.25, -0.2) is 4.79 Å². The lowest BCUT2D eigenvalue weighted by Crippen LogP contribution is -2.49. The molecule has 0 unspecified atom stereocenters. The molecule has 6 heteroatoms. The Morgan fingerprint density at radius 1 is 1.07 bits per heavy atom. The van der Waals surface area contributed by atoms with Gasteiger partial charge in [-0.1, -0.05) is 43.0 Å². The fourth-order valence-corrected chi connectivity index (χ4v) is 4.44. The van der Waals surface area contributed by atoms with Gasteiger partial charge in [-0.2, -0.15) is 0 Å². The average molecular weight is 407 g/mol. The van der Waals surface area contributed by atoms with Crippen molar-refractivity contribution in [1.29, 1.82) is 0 Å². The van der Waals surface area contributed by atoms with Crippen molar-refractivity contribution in [2.75, 3.05) is 13.1 Å². The maximum absolute atomic E-state index is 13.5. The van der Waals surface area contributed by atoms with Crippen molar-refractivity contribution < 1.29 is 14.3 Å². The summed E-state index contributed by atoms with van der Waals surface area (Å²) in [6.45, 7) is 6.73.